The minimum atomic E-state index is 0.280. The van der Waals surface area contributed by atoms with Crippen LogP contribution in [0.1, 0.15) is 82.0 Å². The third-order valence-electron chi connectivity index (χ3n) is 6.49. The van der Waals surface area contributed by atoms with E-state index >= 15 is 0 Å². The molecule has 0 radical (unpaired) electrons. The van der Waals surface area contributed by atoms with Crippen LogP contribution in [0.5, 0.6) is 5.75 Å². The minimum Gasteiger partial charge on any atom is -0.494 e. The smallest absolute Gasteiger partial charge is 0.119 e. The van der Waals surface area contributed by atoms with Crippen molar-refractivity contribution >= 4 is 17.2 Å². The van der Waals surface area contributed by atoms with Crippen LogP contribution in [-0.4, -0.2) is 25.1 Å². The van der Waals surface area contributed by atoms with E-state index in [-0.39, 0.29) is 6.04 Å². The van der Waals surface area contributed by atoms with Crippen LogP contribution in [0.3, 0.4) is 0 Å². The number of likely N-dealkylation sites (N-methyl/N-ethyl adjacent to an activating group) is 1. The number of benzene rings is 2. The lowest BCUT2D eigenvalue weighted by Crippen LogP contribution is -2.31. The van der Waals surface area contributed by atoms with Gasteiger partial charge in [0.2, 0.25) is 0 Å². The van der Waals surface area contributed by atoms with E-state index in [4.69, 9.17) is 16.3 Å². The van der Waals surface area contributed by atoms with E-state index in [1.54, 1.807) is 0 Å². The SMILES string of the molecule is CCCCOc1ccc(C2C(C)=C(c3cc(Cl)ccc3C(C)CC)CCN2C)cc1. The molecule has 162 valence electrons. The second kappa shape index (κ2) is 10.5. The second-order valence-corrected chi connectivity index (χ2v) is 9.04. The first-order valence-corrected chi connectivity index (χ1v) is 11.8. The number of halogens is 1. The molecule has 2 atom stereocenters. The van der Waals surface area contributed by atoms with Crippen LogP contribution in [-0.2, 0) is 0 Å². The van der Waals surface area contributed by atoms with E-state index in [0.717, 1.165) is 49.6 Å². The lowest BCUT2D eigenvalue weighted by atomic mass is 9.82. The van der Waals surface area contributed by atoms with Crippen LogP contribution in [0.4, 0.5) is 0 Å². The molecule has 0 saturated heterocycles. The fourth-order valence-corrected chi connectivity index (χ4v) is 4.65. The molecule has 2 unspecified atom stereocenters. The first-order valence-electron chi connectivity index (χ1n) is 11.4. The zero-order valence-corrected chi connectivity index (χ0v) is 19.9. The van der Waals surface area contributed by atoms with Gasteiger partial charge in [-0.1, -0.05) is 57.0 Å². The molecule has 3 rings (SSSR count). The number of ether oxygens (including phenoxy) is 1. The van der Waals surface area contributed by atoms with Crippen molar-refractivity contribution in [3.05, 3.63) is 69.8 Å². The van der Waals surface area contributed by atoms with Crippen molar-refractivity contribution < 1.29 is 4.74 Å². The summed E-state index contributed by atoms with van der Waals surface area (Å²) in [5.41, 5.74) is 6.96. The molecular weight excluding hydrogens is 390 g/mol. The Morgan fingerprint density at radius 2 is 1.87 bits per heavy atom. The summed E-state index contributed by atoms with van der Waals surface area (Å²) in [5, 5.41) is 0.821. The third kappa shape index (κ3) is 5.10. The van der Waals surface area contributed by atoms with Gasteiger partial charge < -0.3 is 4.74 Å². The fraction of sp³-hybridized carbons (Fsp3) is 0.481. The quantitative estimate of drug-likeness (QED) is 0.398. The first-order chi connectivity index (χ1) is 14.5. The predicted molar refractivity (Wildman–Crippen MR) is 130 cm³/mol. The molecule has 1 aliphatic rings. The third-order valence-corrected chi connectivity index (χ3v) is 6.72. The first kappa shape index (κ1) is 22.9. The standard InChI is InChI=1S/C27H36ClNO/c1-6-8-17-30-23-12-9-21(10-13-23)27-20(4)25(15-16-29(27)5)26-18-22(28)11-14-24(26)19(3)7-2/h9-14,18-19,27H,6-8,15-17H2,1-5H3. The molecule has 0 bridgehead atoms. The van der Waals surface area contributed by atoms with Gasteiger partial charge in [-0.25, -0.2) is 0 Å². The Bertz CT molecular complexity index is 871. The van der Waals surface area contributed by atoms with E-state index in [1.807, 2.05) is 6.07 Å². The Hall–Kier alpha value is -1.77. The normalized spacial score (nSPS) is 18.5. The zero-order valence-electron chi connectivity index (χ0n) is 19.2. The summed E-state index contributed by atoms with van der Waals surface area (Å²) in [4.78, 5) is 2.46. The molecule has 0 fully saturated rings. The molecule has 3 heteroatoms. The maximum atomic E-state index is 6.44. The Labute approximate surface area is 187 Å². The molecule has 2 nitrogen and oxygen atoms in total. The summed E-state index contributed by atoms with van der Waals surface area (Å²) in [7, 11) is 2.23. The van der Waals surface area contributed by atoms with Crippen molar-refractivity contribution in [1.29, 1.82) is 0 Å². The summed E-state index contributed by atoms with van der Waals surface area (Å²) in [6.07, 6.45) is 4.43. The van der Waals surface area contributed by atoms with Crippen molar-refractivity contribution in [3.8, 4) is 5.75 Å². The van der Waals surface area contributed by atoms with E-state index in [1.165, 1.54) is 27.8 Å². The van der Waals surface area contributed by atoms with Gasteiger partial charge >= 0.3 is 0 Å². The summed E-state index contributed by atoms with van der Waals surface area (Å²) in [6, 6.07) is 15.4. The maximum absolute atomic E-state index is 6.44. The number of unbranched alkanes of at least 4 members (excludes halogenated alkanes) is 1. The van der Waals surface area contributed by atoms with Crippen LogP contribution in [0.25, 0.3) is 5.57 Å². The zero-order chi connectivity index (χ0) is 21.7. The van der Waals surface area contributed by atoms with Gasteiger partial charge in [0.25, 0.3) is 0 Å². The molecule has 1 aliphatic heterocycles. The van der Waals surface area contributed by atoms with Crippen molar-refractivity contribution in [2.24, 2.45) is 0 Å². The average molecular weight is 426 g/mol. The van der Waals surface area contributed by atoms with Crippen LogP contribution < -0.4 is 4.74 Å². The molecule has 0 N–H and O–H groups in total. The highest BCUT2D eigenvalue weighted by Gasteiger charge is 2.28. The van der Waals surface area contributed by atoms with Gasteiger partial charge in [-0.05, 0) is 91.3 Å². The van der Waals surface area contributed by atoms with Gasteiger partial charge in [0, 0.05) is 11.6 Å². The fourth-order valence-electron chi connectivity index (χ4n) is 4.48. The molecule has 0 saturated carbocycles. The van der Waals surface area contributed by atoms with Crippen LogP contribution in [0.2, 0.25) is 5.02 Å². The van der Waals surface area contributed by atoms with Gasteiger partial charge in [-0.3, -0.25) is 4.90 Å². The van der Waals surface area contributed by atoms with Gasteiger partial charge in [-0.2, -0.15) is 0 Å². The van der Waals surface area contributed by atoms with Gasteiger partial charge in [0.15, 0.2) is 0 Å². The number of hydrogen-bond donors (Lipinski definition) is 0. The number of nitrogens with zero attached hydrogens (tertiary/aromatic N) is 1. The molecule has 2 aromatic rings. The highest BCUT2D eigenvalue weighted by molar-refractivity contribution is 6.30. The number of rotatable bonds is 8. The molecule has 0 amide bonds. The lowest BCUT2D eigenvalue weighted by molar-refractivity contribution is 0.269. The van der Waals surface area contributed by atoms with Crippen LogP contribution in [0, 0.1) is 0 Å². The van der Waals surface area contributed by atoms with Crippen LogP contribution in [0.15, 0.2) is 48.0 Å². The molecule has 30 heavy (non-hydrogen) atoms. The number of hydrogen-bond acceptors (Lipinski definition) is 2. The Morgan fingerprint density at radius 1 is 1.13 bits per heavy atom. The van der Waals surface area contributed by atoms with Crippen molar-refractivity contribution in [1.82, 2.24) is 4.90 Å². The summed E-state index contributed by atoms with van der Waals surface area (Å²) in [6.45, 7) is 10.9. The Balaban J connectivity index is 1.96. The lowest BCUT2D eigenvalue weighted by Gasteiger charge is -2.36. The Kier molecular flexibility index (Phi) is 8.02. The molecule has 0 aromatic heterocycles. The van der Waals surface area contributed by atoms with Crippen molar-refractivity contribution in [2.75, 3.05) is 20.2 Å². The second-order valence-electron chi connectivity index (χ2n) is 8.61. The monoisotopic (exact) mass is 425 g/mol. The average Bonchev–Trinajstić information content (AvgIpc) is 2.74. The molecular formula is C27H36ClNO. The maximum Gasteiger partial charge on any atom is 0.119 e. The topological polar surface area (TPSA) is 12.5 Å². The van der Waals surface area contributed by atoms with Crippen LogP contribution >= 0.6 is 11.6 Å². The van der Waals surface area contributed by atoms with Crippen molar-refractivity contribution in [2.45, 2.75) is 65.3 Å². The van der Waals surface area contributed by atoms with E-state index < -0.39 is 0 Å². The summed E-state index contributed by atoms with van der Waals surface area (Å²) < 4.78 is 5.86. The van der Waals surface area contributed by atoms with E-state index in [2.05, 4.69) is 76.0 Å². The highest BCUT2D eigenvalue weighted by atomic mass is 35.5. The van der Waals surface area contributed by atoms with E-state index in [0.29, 0.717) is 5.92 Å². The van der Waals surface area contributed by atoms with E-state index in [9.17, 15) is 0 Å². The predicted octanol–water partition coefficient (Wildman–Crippen LogP) is 7.88. The molecule has 2 aromatic carbocycles. The minimum absolute atomic E-state index is 0.280. The molecule has 0 spiro atoms. The summed E-state index contributed by atoms with van der Waals surface area (Å²) >= 11 is 6.44. The van der Waals surface area contributed by atoms with Gasteiger partial charge in [0.1, 0.15) is 5.75 Å². The van der Waals surface area contributed by atoms with Gasteiger partial charge in [0.05, 0.1) is 12.6 Å². The largest absolute Gasteiger partial charge is 0.494 e. The molecule has 1 heterocycles. The van der Waals surface area contributed by atoms with Gasteiger partial charge in [-0.15, -0.1) is 0 Å². The molecule has 0 aliphatic carbocycles. The summed E-state index contributed by atoms with van der Waals surface area (Å²) in [5.74, 6) is 1.48. The Morgan fingerprint density at radius 3 is 2.53 bits per heavy atom. The highest BCUT2D eigenvalue weighted by Crippen LogP contribution is 2.42. The van der Waals surface area contributed by atoms with Crippen molar-refractivity contribution in [3.63, 3.8) is 0 Å².